The summed E-state index contributed by atoms with van der Waals surface area (Å²) in [6.45, 7) is 0. The number of aromatic nitrogens is 2. The first-order chi connectivity index (χ1) is 8.29. The molecule has 0 bridgehead atoms. The summed E-state index contributed by atoms with van der Waals surface area (Å²) < 4.78 is 1.72. The van der Waals surface area contributed by atoms with E-state index in [1.54, 1.807) is 15.7 Å². The molecule has 84 valence electrons. The molecule has 0 spiro atoms. The number of thiophene rings is 1. The highest BCUT2D eigenvalue weighted by atomic mass is 32.1. The minimum absolute atomic E-state index is 0.267. The number of carbonyl (C=O) groups excluding carboxylic acids is 1. The van der Waals surface area contributed by atoms with Gasteiger partial charge in [-0.25, -0.2) is 4.98 Å². The lowest BCUT2D eigenvalue weighted by molar-refractivity contribution is 0.111. The van der Waals surface area contributed by atoms with Gasteiger partial charge in [-0.15, -0.1) is 11.3 Å². The molecule has 0 aromatic carbocycles. The number of pyridine rings is 1. The molecule has 0 amide bonds. The first kappa shape index (κ1) is 10.0. The molecule has 3 aromatic heterocycles. The standard InChI is InChI=1S/C12H9N3OS/c13-12-9(7-16)15-6-8(3-4-11(15)14-12)10-2-1-5-17-10/h1-7H,13H2. The van der Waals surface area contributed by atoms with Crippen LogP contribution < -0.4 is 5.73 Å². The second-order valence-electron chi connectivity index (χ2n) is 3.62. The van der Waals surface area contributed by atoms with Crippen molar-refractivity contribution in [1.82, 2.24) is 9.38 Å². The van der Waals surface area contributed by atoms with Gasteiger partial charge in [0.15, 0.2) is 12.1 Å². The monoisotopic (exact) mass is 243 g/mol. The number of hydrogen-bond donors (Lipinski definition) is 1. The maximum atomic E-state index is 11.0. The van der Waals surface area contributed by atoms with Crippen molar-refractivity contribution in [2.75, 3.05) is 5.73 Å². The number of nitrogens with zero attached hydrogens (tertiary/aromatic N) is 2. The SMILES string of the molecule is Nc1nc2ccc(-c3cccs3)cn2c1C=O. The highest BCUT2D eigenvalue weighted by Gasteiger charge is 2.09. The maximum Gasteiger partial charge on any atom is 0.170 e. The Balaban J connectivity index is 2.28. The molecule has 0 radical (unpaired) electrons. The van der Waals surface area contributed by atoms with Crippen molar-refractivity contribution in [3.05, 3.63) is 41.5 Å². The second-order valence-corrected chi connectivity index (χ2v) is 4.57. The summed E-state index contributed by atoms with van der Waals surface area (Å²) in [6.07, 6.45) is 2.61. The number of rotatable bonds is 2. The molecule has 0 saturated carbocycles. The van der Waals surface area contributed by atoms with Crippen LogP contribution in [0.5, 0.6) is 0 Å². The number of anilines is 1. The molecule has 2 N–H and O–H groups in total. The van der Waals surface area contributed by atoms with E-state index in [2.05, 4.69) is 4.98 Å². The molecule has 3 aromatic rings. The Morgan fingerprint density at radius 2 is 2.24 bits per heavy atom. The quantitative estimate of drug-likeness (QED) is 0.703. The second kappa shape index (κ2) is 3.71. The number of nitrogen functional groups attached to an aromatic ring is 1. The van der Waals surface area contributed by atoms with Gasteiger partial charge in [0.05, 0.1) is 0 Å². The topological polar surface area (TPSA) is 60.4 Å². The van der Waals surface area contributed by atoms with Crippen molar-refractivity contribution in [1.29, 1.82) is 0 Å². The predicted molar refractivity (Wildman–Crippen MR) is 68.3 cm³/mol. The molecule has 3 heterocycles. The summed E-state index contributed by atoms with van der Waals surface area (Å²) in [5.74, 6) is 0.267. The minimum atomic E-state index is 0.267. The lowest BCUT2D eigenvalue weighted by Crippen LogP contribution is -1.94. The van der Waals surface area contributed by atoms with Gasteiger partial charge in [0.25, 0.3) is 0 Å². The predicted octanol–water partition coefficient (Wildman–Crippen LogP) is 2.46. The molecule has 0 unspecified atom stereocenters. The molecular formula is C12H9N3OS. The first-order valence-corrected chi connectivity index (χ1v) is 5.94. The van der Waals surface area contributed by atoms with Crippen molar-refractivity contribution in [2.45, 2.75) is 0 Å². The van der Waals surface area contributed by atoms with Crippen LogP contribution in [0.2, 0.25) is 0 Å². The van der Waals surface area contributed by atoms with Gasteiger partial charge in [0.2, 0.25) is 0 Å². The van der Waals surface area contributed by atoms with E-state index < -0.39 is 0 Å². The molecule has 0 fully saturated rings. The average molecular weight is 243 g/mol. The molecule has 5 heteroatoms. The van der Waals surface area contributed by atoms with Crippen molar-refractivity contribution in [3.63, 3.8) is 0 Å². The number of imidazole rings is 1. The lowest BCUT2D eigenvalue weighted by atomic mass is 10.2. The third kappa shape index (κ3) is 1.52. The molecule has 17 heavy (non-hydrogen) atoms. The van der Waals surface area contributed by atoms with Crippen LogP contribution in [0.4, 0.5) is 5.82 Å². The zero-order valence-electron chi connectivity index (χ0n) is 8.83. The molecule has 0 saturated heterocycles. The molecule has 0 aliphatic heterocycles. The Morgan fingerprint density at radius 3 is 2.94 bits per heavy atom. The van der Waals surface area contributed by atoms with Crippen molar-refractivity contribution in [3.8, 4) is 10.4 Å². The Morgan fingerprint density at radius 1 is 1.35 bits per heavy atom. The zero-order chi connectivity index (χ0) is 11.8. The Labute approximate surface area is 101 Å². The van der Waals surface area contributed by atoms with Crippen LogP contribution in [0.25, 0.3) is 16.1 Å². The fraction of sp³-hybridized carbons (Fsp3) is 0. The number of fused-ring (bicyclic) bond motifs is 1. The summed E-state index contributed by atoms with van der Waals surface area (Å²) in [7, 11) is 0. The Bertz CT molecular complexity index is 685. The van der Waals surface area contributed by atoms with Gasteiger partial charge in [-0.3, -0.25) is 9.20 Å². The van der Waals surface area contributed by atoms with E-state index in [0.717, 1.165) is 16.7 Å². The van der Waals surface area contributed by atoms with Crippen LogP contribution in [0.1, 0.15) is 10.5 Å². The number of carbonyl (C=O) groups is 1. The highest BCUT2D eigenvalue weighted by Crippen LogP contribution is 2.25. The summed E-state index contributed by atoms with van der Waals surface area (Å²) in [6, 6.07) is 7.86. The van der Waals surface area contributed by atoms with Crippen molar-refractivity contribution >= 4 is 29.1 Å². The van der Waals surface area contributed by atoms with Gasteiger partial charge in [0, 0.05) is 16.6 Å². The minimum Gasteiger partial charge on any atom is -0.382 e. The summed E-state index contributed by atoms with van der Waals surface area (Å²) in [5, 5.41) is 2.02. The van der Waals surface area contributed by atoms with Gasteiger partial charge in [0.1, 0.15) is 11.3 Å². The van der Waals surface area contributed by atoms with E-state index in [0.29, 0.717) is 11.3 Å². The van der Waals surface area contributed by atoms with E-state index in [9.17, 15) is 4.79 Å². The van der Waals surface area contributed by atoms with Gasteiger partial charge in [-0.1, -0.05) is 6.07 Å². The molecule has 0 atom stereocenters. The summed E-state index contributed by atoms with van der Waals surface area (Å²) in [5.41, 5.74) is 7.81. The van der Waals surface area contributed by atoms with Gasteiger partial charge >= 0.3 is 0 Å². The normalized spacial score (nSPS) is 10.8. The molecule has 3 rings (SSSR count). The largest absolute Gasteiger partial charge is 0.382 e. The van der Waals surface area contributed by atoms with E-state index >= 15 is 0 Å². The van der Waals surface area contributed by atoms with Crippen molar-refractivity contribution < 1.29 is 4.79 Å². The fourth-order valence-electron chi connectivity index (χ4n) is 1.79. The third-order valence-electron chi connectivity index (χ3n) is 2.60. The van der Waals surface area contributed by atoms with Gasteiger partial charge in [-0.2, -0.15) is 0 Å². The van der Waals surface area contributed by atoms with Crippen molar-refractivity contribution in [2.24, 2.45) is 0 Å². The molecular weight excluding hydrogens is 234 g/mol. The smallest absolute Gasteiger partial charge is 0.170 e. The van der Waals surface area contributed by atoms with Gasteiger partial charge < -0.3 is 5.73 Å². The number of nitrogens with two attached hydrogens (primary N) is 1. The van der Waals surface area contributed by atoms with E-state index in [4.69, 9.17) is 5.73 Å². The summed E-state index contributed by atoms with van der Waals surface area (Å²) in [4.78, 5) is 16.2. The van der Waals surface area contributed by atoms with Crippen LogP contribution in [0.3, 0.4) is 0 Å². The third-order valence-corrected chi connectivity index (χ3v) is 3.52. The van der Waals surface area contributed by atoms with Gasteiger partial charge in [-0.05, 0) is 23.6 Å². The highest BCUT2D eigenvalue weighted by molar-refractivity contribution is 7.13. The van der Waals surface area contributed by atoms with E-state index in [1.807, 2.05) is 35.8 Å². The molecule has 0 aliphatic rings. The van der Waals surface area contributed by atoms with E-state index in [1.165, 1.54) is 0 Å². The maximum absolute atomic E-state index is 11.0. The van der Waals surface area contributed by atoms with Crippen LogP contribution in [-0.4, -0.2) is 15.7 Å². The first-order valence-electron chi connectivity index (χ1n) is 5.06. The Hall–Kier alpha value is -2.14. The zero-order valence-corrected chi connectivity index (χ0v) is 9.65. The number of aldehydes is 1. The van der Waals surface area contributed by atoms with Crippen LogP contribution in [0.15, 0.2) is 35.8 Å². The fourth-order valence-corrected chi connectivity index (χ4v) is 2.50. The lowest BCUT2D eigenvalue weighted by Gasteiger charge is -2.00. The van der Waals surface area contributed by atoms with Crippen LogP contribution in [0, 0.1) is 0 Å². The average Bonchev–Trinajstić information content (AvgIpc) is 2.93. The van der Waals surface area contributed by atoms with Crippen LogP contribution in [-0.2, 0) is 0 Å². The van der Waals surface area contributed by atoms with Crippen LogP contribution >= 0.6 is 11.3 Å². The molecule has 4 nitrogen and oxygen atoms in total. The van der Waals surface area contributed by atoms with E-state index in [-0.39, 0.29) is 5.82 Å². The molecule has 0 aliphatic carbocycles. The Kier molecular flexibility index (Phi) is 2.19. The summed E-state index contributed by atoms with van der Waals surface area (Å²) >= 11 is 1.65. The number of hydrogen-bond acceptors (Lipinski definition) is 4.